The highest BCUT2D eigenvalue weighted by atomic mass is 35.5. The molecule has 3 unspecified atom stereocenters. The minimum Gasteiger partial charge on any atom is -0.358 e. The van der Waals surface area contributed by atoms with Gasteiger partial charge >= 0.3 is 0 Å². The van der Waals surface area contributed by atoms with E-state index in [9.17, 15) is 9.59 Å². The number of alkyl halides is 1. The molecule has 1 aliphatic carbocycles. The lowest BCUT2D eigenvalue weighted by Gasteiger charge is -2.42. The van der Waals surface area contributed by atoms with Gasteiger partial charge in [-0.15, -0.1) is 11.6 Å². The maximum Gasteiger partial charge on any atom is 0.254 e. The zero-order chi connectivity index (χ0) is 22.9. The second-order valence-corrected chi connectivity index (χ2v) is 9.77. The molecule has 2 amide bonds. The lowest BCUT2D eigenvalue weighted by Crippen LogP contribution is -2.61. The first kappa shape index (κ1) is 22.1. The Morgan fingerprint density at radius 3 is 2.67 bits per heavy atom. The fraction of sp³-hybridized carbons (Fsp3) is 0.417. The molecule has 0 spiro atoms. The molecule has 33 heavy (non-hydrogen) atoms. The number of carbonyl (C=O) groups excluding carboxylic acids is 2. The van der Waals surface area contributed by atoms with Crippen LogP contribution in [0.3, 0.4) is 0 Å². The van der Waals surface area contributed by atoms with E-state index in [1.807, 2.05) is 35.2 Å². The third kappa shape index (κ3) is 4.42. The topological polar surface area (TPSA) is 68.8 Å². The second-order valence-electron chi connectivity index (χ2n) is 8.76. The van der Waals surface area contributed by atoms with Gasteiger partial charge in [0.25, 0.3) is 5.91 Å². The van der Waals surface area contributed by atoms with Gasteiger partial charge < -0.3 is 15.1 Å². The molecule has 3 atom stereocenters. The number of benzene rings is 1. The van der Waals surface area contributed by atoms with Crippen molar-refractivity contribution in [3.05, 3.63) is 54.2 Å². The molecule has 2 saturated heterocycles. The van der Waals surface area contributed by atoms with Crippen molar-refractivity contribution in [2.75, 3.05) is 36.0 Å². The molecule has 1 aromatic carbocycles. The molecule has 1 aromatic heterocycles. The van der Waals surface area contributed by atoms with Gasteiger partial charge in [0, 0.05) is 49.4 Å². The molecular formula is C24H26ClN5O2S. The molecule has 0 radical (unpaired) electrons. The molecule has 2 aliphatic heterocycles. The Labute approximate surface area is 203 Å². The first-order valence-electron chi connectivity index (χ1n) is 11.3. The van der Waals surface area contributed by atoms with E-state index >= 15 is 0 Å². The van der Waals surface area contributed by atoms with Crippen LogP contribution < -0.4 is 15.1 Å². The van der Waals surface area contributed by atoms with E-state index in [1.165, 1.54) is 0 Å². The Morgan fingerprint density at radius 1 is 1.09 bits per heavy atom. The van der Waals surface area contributed by atoms with E-state index in [-0.39, 0.29) is 29.2 Å². The number of nitrogens with zero attached hydrogens (tertiary/aromatic N) is 4. The second kappa shape index (κ2) is 9.27. The number of amides is 2. The fourth-order valence-corrected chi connectivity index (χ4v) is 5.61. The molecule has 9 heteroatoms. The molecule has 3 fully saturated rings. The predicted octanol–water partition coefficient (Wildman–Crippen LogP) is 3.04. The summed E-state index contributed by atoms with van der Waals surface area (Å²) in [6.45, 7) is 2.69. The van der Waals surface area contributed by atoms with Gasteiger partial charge in [0.1, 0.15) is 5.82 Å². The summed E-state index contributed by atoms with van der Waals surface area (Å²) < 4.78 is 0. The quantitative estimate of drug-likeness (QED) is 0.534. The van der Waals surface area contributed by atoms with Crippen LogP contribution in [0.25, 0.3) is 0 Å². The molecule has 0 bridgehead atoms. The van der Waals surface area contributed by atoms with Crippen LogP contribution in [0.4, 0.5) is 11.5 Å². The maximum atomic E-state index is 13.3. The first-order chi connectivity index (χ1) is 16.0. The summed E-state index contributed by atoms with van der Waals surface area (Å²) in [6.07, 6.45) is 4.07. The van der Waals surface area contributed by atoms with Crippen molar-refractivity contribution < 1.29 is 9.59 Å². The number of thiocarbonyl (C=S) groups is 1. The number of aromatic nitrogens is 1. The average molecular weight is 484 g/mol. The monoisotopic (exact) mass is 483 g/mol. The van der Waals surface area contributed by atoms with E-state index in [0.29, 0.717) is 29.5 Å². The molecule has 2 aromatic rings. The summed E-state index contributed by atoms with van der Waals surface area (Å²) >= 11 is 11.8. The van der Waals surface area contributed by atoms with Gasteiger partial charge in [0.05, 0.1) is 11.6 Å². The number of halogens is 1. The summed E-state index contributed by atoms with van der Waals surface area (Å²) in [5.74, 6) is 0.728. The summed E-state index contributed by atoms with van der Waals surface area (Å²) in [4.78, 5) is 36.5. The van der Waals surface area contributed by atoms with E-state index in [4.69, 9.17) is 23.8 Å². The number of anilines is 2. The minimum absolute atomic E-state index is 0.0131. The van der Waals surface area contributed by atoms with E-state index in [2.05, 4.69) is 15.2 Å². The minimum atomic E-state index is -0.147. The van der Waals surface area contributed by atoms with Crippen LogP contribution in [0.1, 0.15) is 29.6 Å². The highest BCUT2D eigenvalue weighted by molar-refractivity contribution is 7.80. The SMILES string of the molecule is O=C(c1cccc(N2C(=O)C3CCC(Cl)CC3NC2=S)c1)N1CCN(c2ccccn2)CC1. The summed E-state index contributed by atoms with van der Waals surface area (Å²) in [6, 6.07) is 13.0. The number of fused-ring (bicyclic) bond motifs is 1. The number of carbonyl (C=O) groups is 2. The lowest BCUT2D eigenvalue weighted by molar-refractivity contribution is -0.123. The van der Waals surface area contributed by atoms with Gasteiger partial charge in [-0.1, -0.05) is 12.1 Å². The third-order valence-electron chi connectivity index (χ3n) is 6.73. The molecule has 3 aliphatic rings. The summed E-state index contributed by atoms with van der Waals surface area (Å²) in [5.41, 5.74) is 1.18. The Kier molecular flexibility index (Phi) is 6.21. The van der Waals surface area contributed by atoms with Crippen molar-refractivity contribution in [2.45, 2.75) is 30.7 Å². The van der Waals surface area contributed by atoms with E-state index in [0.717, 1.165) is 38.2 Å². The Bertz CT molecular complexity index is 1060. The van der Waals surface area contributed by atoms with Crippen molar-refractivity contribution in [3.8, 4) is 0 Å². The van der Waals surface area contributed by atoms with Crippen LogP contribution >= 0.6 is 23.8 Å². The van der Waals surface area contributed by atoms with Crippen LogP contribution in [-0.2, 0) is 4.79 Å². The van der Waals surface area contributed by atoms with Gasteiger partial charge in [-0.3, -0.25) is 14.5 Å². The Balaban J connectivity index is 1.29. The van der Waals surface area contributed by atoms with E-state index < -0.39 is 0 Å². The average Bonchev–Trinajstić information content (AvgIpc) is 2.84. The van der Waals surface area contributed by atoms with Crippen molar-refractivity contribution in [3.63, 3.8) is 0 Å². The number of rotatable bonds is 3. The molecule has 172 valence electrons. The van der Waals surface area contributed by atoms with Crippen LogP contribution in [-0.4, -0.2) is 64.4 Å². The number of nitrogens with one attached hydrogen (secondary N) is 1. The zero-order valence-electron chi connectivity index (χ0n) is 18.2. The van der Waals surface area contributed by atoms with Gasteiger partial charge in [0.2, 0.25) is 5.91 Å². The Hall–Kier alpha value is -2.71. The largest absolute Gasteiger partial charge is 0.358 e. The Morgan fingerprint density at radius 2 is 1.91 bits per heavy atom. The highest BCUT2D eigenvalue weighted by Gasteiger charge is 2.43. The van der Waals surface area contributed by atoms with Crippen molar-refractivity contribution in [1.29, 1.82) is 0 Å². The maximum absolute atomic E-state index is 13.3. The molecule has 1 N–H and O–H groups in total. The zero-order valence-corrected chi connectivity index (χ0v) is 19.8. The van der Waals surface area contributed by atoms with Gasteiger partial charge in [0.15, 0.2) is 5.11 Å². The van der Waals surface area contributed by atoms with Crippen molar-refractivity contribution in [2.24, 2.45) is 5.92 Å². The van der Waals surface area contributed by atoms with Gasteiger partial charge in [-0.2, -0.15) is 0 Å². The van der Waals surface area contributed by atoms with Crippen molar-refractivity contribution >= 4 is 52.3 Å². The van der Waals surface area contributed by atoms with Crippen LogP contribution in [0, 0.1) is 5.92 Å². The highest BCUT2D eigenvalue weighted by Crippen LogP contribution is 2.34. The van der Waals surface area contributed by atoms with Crippen molar-refractivity contribution in [1.82, 2.24) is 15.2 Å². The number of piperazine rings is 1. The van der Waals surface area contributed by atoms with Crippen LogP contribution in [0.2, 0.25) is 0 Å². The number of hydrogen-bond acceptors (Lipinski definition) is 5. The fourth-order valence-electron chi connectivity index (χ4n) is 4.95. The number of pyridine rings is 1. The molecule has 7 nitrogen and oxygen atoms in total. The smallest absolute Gasteiger partial charge is 0.254 e. The molecule has 3 heterocycles. The predicted molar refractivity (Wildman–Crippen MR) is 133 cm³/mol. The lowest BCUT2D eigenvalue weighted by atomic mass is 9.82. The molecule has 1 saturated carbocycles. The third-order valence-corrected chi connectivity index (χ3v) is 7.42. The van der Waals surface area contributed by atoms with E-state index in [1.54, 1.807) is 23.2 Å². The summed E-state index contributed by atoms with van der Waals surface area (Å²) in [5, 5.41) is 3.75. The van der Waals surface area contributed by atoms with Gasteiger partial charge in [-0.05, 0) is 61.8 Å². The normalized spacial score (nSPS) is 25.5. The van der Waals surface area contributed by atoms with Crippen LogP contribution in [0.5, 0.6) is 0 Å². The first-order valence-corrected chi connectivity index (χ1v) is 12.2. The molecule has 5 rings (SSSR count). The molecular weight excluding hydrogens is 458 g/mol. The van der Waals surface area contributed by atoms with Gasteiger partial charge in [-0.25, -0.2) is 4.98 Å². The summed E-state index contributed by atoms with van der Waals surface area (Å²) in [7, 11) is 0. The standard InChI is InChI=1S/C24H26ClN5O2S/c25-17-7-8-19-20(15-17)27-24(33)30(23(19)32)18-5-3-4-16(14-18)22(31)29-12-10-28(11-13-29)21-6-1-2-9-26-21/h1-6,9,14,17,19-20H,7-8,10-13,15H2,(H,27,33). The number of hydrogen-bond donors (Lipinski definition) is 1. The van der Waals surface area contributed by atoms with Crippen LogP contribution in [0.15, 0.2) is 48.7 Å².